The van der Waals surface area contributed by atoms with Crippen LogP contribution in [0.2, 0.25) is 15.1 Å². The number of hydrogen-bond acceptors (Lipinski definition) is 4. The van der Waals surface area contributed by atoms with Crippen molar-refractivity contribution < 1.29 is 13.6 Å². The zero-order valence-corrected chi connectivity index (χ0v) is 19.4. The summed E-state index contributed by atoms with van der Waals surface area (Å²) in [6, 6.07) is 19.3. The standard InChI is InChI=1S/C25H15Cl3N2O3/c1-13-5-8-21-19(11-13)30-25(33-21)16-12-14(6-7-17(16)26)29-24(31)22-10-9-20(32-22)15-3-2-4-18(27)23(15)28/h2-12H,1H3,(H,29,31). The number of anilines is 1. The van der Waals surface area contributed by atoms with Crippen LogP contribution in [0.5, 0.6) is 0 Å². The van der Waals surface area contributed by atoms with Gasteiger partial charge < -0.3 is 14.2 Å². The molecule has 164 valence electrons. The van der Waals surface area contributed by atoms with E-state index in [0.29, 0.717) is 49.1 Å². The van der Waals surface area contributed by atoms with Crippen LogP contribution in [-0.2, 0) is 0 Å². The van der Waals surface area contributed by atoms with Crippen LogP contribution >= 0.6 is 34.8 Å². The number of furan rings is 1. The molecule has 1 amide bonds. The molecule has 0 radical (unpaired) electrons. The quantitative estimate of drug-likeness (QED) is 0.271. The summed E-state index contributed by atoms with van der Waals surface area (Å²) < 4.78 is 11.6. The summed E-state index contributed by atoms with van der Waals surface area (Å²) in [7, 11) is 0. The number of nitrogens with zero attached hydrogens (tertiary/aromatic N) is 1. The Morgan fingerprint density at radius 3 is 2.58 bits per heavy atom. The molecule has 0 unspecified atom stereocenters. The van der Waals surface area contributed by atoms with Gasteiger partial charge in [0.25, 0.3) is 5.91 Å². The van der Waals surface area contributed by atoms with Gasteiger partial charge in [0.15, 0.2) is 11.3 Å². The maximum absolute atomic E-state index is 12.8. The number of nitrogens with one attached hydrogen (secondary N) is 1. The van der Waals surface area contributed by atoms with E-state index >= 15 is 0 Å². The highest BCUT2D eigenvalue weighted by atomic mass is 35.5. The largest absolute Gasteiger partial charge is 0.451 e. The van der Waals surface area contributed by atoms with Gasteiger partial charge in [-0.25, -0.2) is 4.98 Å². The van der Waals surface area contributed by atoms with Gasteiger partial charge in [-0.2, -0.15) is 0 Å². The number of hydrogen-bond donors (Lipinski definition) is 1. The third-order valence-electron chi connectivity index (χ3n) is 5.04. The van der Waals surface area contributed by atoms with Crippen LogP contribution in [0.3, 0.4) is 0 Å². The molecule has 0 saturated carbocycles. The lowest BCUT2D eigenvalue weighted by atomic mass is 10.2. The van der Waals surface area contributed by atoms with Crippen molar-refractivity contribution in [3.63, 3.8) is 0 Å². The van der Waals surface area contributed by atoms with Crippen LogP contribution in [0, 0.1) is 6.92 Å². The highest BCUT2D eigenvalue weighted by Gasteiger charge is 2.17. The molecule has 3 aromatic carbocycles. The van der Waals surface area contributed by atoms with Gasteiger partial charge in [-0.1, -0.05) is 46.9 Å². The molecule has 0 fully saturated rings. The van der Waals surface area contributed by atoms with Gasteiger partial charge in [-0.05, 0) is 67.1 Å². The Morgan fingerprint density at radius 2 is 1.73 bits per heavy atom. The molecule has 0 atom stereocenters. The van der Waals surface area contributed by atoms with E-state index in [9.17, 15) is 4.79 Å². The molecule has 0 aliphatic rings. The minimum Gasteiger partial charge on any atom is -0.451 e. The molecule has 0 aliphatic heterocycles. The molecule has 5 rings (SSSR count). The Balaban J connectivity index is 1.41. The number of benzene rings is 3. The lowest BCUT2D eigenvalue weighted by Gasteiger charge is -2.07. The molecule has 0 bridgehead atoms. The summed E-state index contributed by atoms with van der Waals surface area (Å²) in [6.07, 6.45) is 0. The minimum atomic E-state index is -0.430. The molecule has 2 aromatic heterocycles. The molecular formula is C25H15Cl3N2O3. The number of aryl methyl sites for hydroxylation is 1. The summed E-state index contributed by atoms with van der Waals surface area (Å²) in [4.78, 5) is 17.3. The van der Waals surface area contributed by atoms with E-state index in [2.05, 4.69) is 10.3 Å². The second-order valence-electron chi connectivity index (χ2n) is 7.40. The number of oxazole rings is 1. The van der Waals surface area contributed by atoms with Crippen LogP contribution in [0.15, 0.2) is 75.6 Å². The van der Waals surface area contributed by atoms with Crippen molar-refractivity contribution in [1.29, 1.82) is 0 Å². The molecule has 0 spiro atoms. The number of rotatable bonds is 4. The number of aromatic nitrogens is 1. The molecule has 0 saturated heterocycles. The molecular weight excluding hydrogens is 483 g/mol. The first-order valence-electron chi connectivity index (χ1n) is 9.92. The van der Waals surface area contributed by atoms with Crippen LogP contribution in [0.25, 0.3) is 33.9 Å². The first kappa shape index (κ1) is 21.6. The number of halogens is 3. The Hall–Kier alpha value is -3.25. The van der Waals surface area contributed by atoms with Crippen molar-refractivity contribution in [3.8, 4) is 22.8 Å². The van der Waals surface area contributed by atoms with Gasteiger partial charge in [-0.3, -0.25) is 4.79 Å². The van der Waals surface area contributed by atoms with E-state index in [4.69, 9.17) is 43.6 Å². The molecule has 2 heterocycles. The highest BCUT2D eigenvalue weighted by molar-refractivity contribution is 6.43. The molecule has 1 N–H and O–H groups in total. The van der Waals surface area contributed by atoms with E-state index in [1.807, 2.05) is 25.1 Å². The number of carbonyl (C=O) groups excluding carboxylic acids is 1. The second kappa shape index (κ2) is 8.60. The monoisotopic (exact) mass is 496 g/mol. The second-order valence-corrected chi connectivity index (χ2v) is 8.60. The molecule has 33 heavy (non-hydrogen) atoms. The lowest BCUT2D eigenvalue weighted by molar-refractivity contribution is 0.0997. The molecule has 8 heteroatoms. The fourth-order valence-corrected chi connectivity index (χ4v) is 4.00. The number of fused-ring (bicyclic) bond motifs is 1. The van der Waals surface area contributed by atoms with E-state index in [1.165, 1.54) is 0 Å². The van der Waals surface area contributed by atoms with Crippen molar-refractivity contribution in [2.75, 3.05) is 5.32 Å². The zero-order valence-electron chi connectivity index (χ0n) is 17.2. The summed E-state index contributed by atoms with van der Waals surface area (Å²) in [5.41, 5.74) is 4.14. The van der Waals surface area contributed by atoms with Gasteiger partial charge in [0.2, 0.25) is 5.89 Å². The lowest BCUT2D eigenvalue weighted by Crippen LogP contribution is -2.10. The first-order valence-corrected chi connectivity index (χ1v) is 11.0. The van der Waals surface area contributed by atoms with Crippen molar-refractivity contribution in [1.82, 2.24) is 4.98 Å². The van der Waals surface area contributed by atoms with E-state index in [0.717, 1.165) is 11.1 Å². The van der Waals surface area contributed by atoms with E-state index < -0.39 is 5.91 Å². The minimum absolute atomic E-state index is 0.120. The van der Waals surface area contributed by atoms with Crippen LogP contribution < -0.4 is 5.32 Å². The Bertz CT molecular complexity index is 1520. The summed E-state index contributed by atoms with van der Waals surface area (Å²) in [5, 5.41) is 4.02. The van der Waals surface area contributed by atoms with Crippen molar-refractivity contribution in [2.45, 2.75) is 6.92 Å². The topological polar surface area (TPSA) is 68.3 Å². The SMILES string of the molecule is Cc1ccc2oc(-c3cc(NC(=O)c4ccc(-c5cccc(Cl)c5Cl)o4)ccc3Cl)nc2c1. The van der Waals surface area contributed by atoms with E-state index in [-0.39, 0.29) is 5.76 Å². The fourth-order valence-electron chi connectivity index (χ4n) is 3.41. The third-order valence-corrected chi connectivity index (χ3v) is 6.19. The maximum Gasteiger partial charge on any atom is 0.291 e. The predicted molar refractivity (Wildman–Crippen MR) is 131 cm³/mol. The van der Waals surface area contributed by atoms with E-state index in [1.54, 1.807) is 48.5 Å². The van der Waals surface area contributed by atoms with Crippen LogP contribution in [0.1, 0.15) is 16.1 Å². The number of amides is 1. The van der Waals surface area contributed by atoms with Gasteiger partial charge in [-0.15, -0.1) is 0 Å². The molecule has 5 aromatic rings. The maximum atomic E-state index is 12.8. The van der Waals surface area contributed by atoms with Crippen LogP contribution in [0.4, 0.5) is 5.69 Å². The summed E-state index contributed by atoms with van der Waals surface area (Å²) in [5.74, 6) is 0.495. The molecule has 0 aliphatic carbocycles. The third kappa shape index (κ3) is 4.23. The average molecular weight is 498 g/mol. The van der Waals surface area contributed by atoms with Gasteiger partial charge in [0, 0.05) is 11.3 Å². The van der Waals surface area contributed by atoms with Gasteiger partial charge in [0.05, 0.1) is 20.6 Å². The highest BCUT2D eigenvalue weighted by Crippen LogP contribution is 2.35. The molecule has 5 nitrogen and oxygen atoms in total. The smallest absolute Gasteiger partial charge is 0.291 e. The Labute approximate surface area is 203 Å². The fraction of sp³-hybridized carbons (Fsp3) is 0.0400. The average Bonchev–Trinajstić information content (AvgIpc) is 3.44. The zero-order chi connectivity index (χ0) is 23.1. The van der Waals surface area contributed by atoms with Crippen molar-refractivity contribution in [3.05, 3.63) is 93.1 Å². The van der Waals surface area contributed by atoms with Gasteiger partial charge in [0.1, 0.15) is 11.3 Å². The predicted octanol–water partition coefficient (Wildman–Crippen LogP) is 8.28. The summed E-state index contributed by atoms with van der Waals surface area (Å²) >= 11 is 18.7. The normalized spacial score (nSPS) is 11.2. The summed E-state index contributed by atoms with van der Waals surface area (Å²) in [6.45, 7) is 1.98. The van der Waals surface area contributed by atoms with Crippen LogP contribution in [-0.4, -0.2) is 10.9 Å². The number of carbonyl (C=O) groups is 1. The Morgan fingerprint density at radius 1 is 0.879 bits per heavy atom. The van der Waals surface area contributed by atoms with Gasteiger partial charge >= 0.3 is 0 Å². The van der Waals surface area contributed by atoms with Crippen molar-refractivity contribution >= 4 is 57.5 Å². The van der Waals surface area contributed by atoms with Crippen molar-refractivity contribution in [2.24, 2.45) is 0 Å². The first-order chi connectivity index (χ1) is 15.9. The Kier molecular flexibility index (Phi) is 5.62.